The standard InChI is InChI=1S/C23H25NO4/c1-15(19-12-20-16(2)14-28-22(20)13-21(19)27-4)10-23(25)24-9-8-17-6-5-7-18(11-17)26-3/h5-7,10-14H,8-9H2,1-4H3,(H,24,25)/b15-10+. The van der Waals surface area contributed by atoms with Crippen molar-refractivity contribution in [3.63, 3.8) is 0 Å². The van der Waals surface area contributed by atoms with Crippen LogP contribution in [0.1, 0.15) is 23.6 Å². The Hall–Kier alpha value is -3.21. The Bertz CT molecular complexity index is 1020. The van der Waals surface area contributed by atoms with Gasteiger partial charge in [0.05, 0.1) is 20.5 Å². The molecule has 1 heterocycles. The fourth-order valence-electron chi connectivity index (χ4n) is 3.14. The highest BCUT2D eigenvalue weighted by atomic mass is 16.5. The van der Waals surface area contributed by atoms with E-state index in [0.29, 0.717) is 12.3 Å². The largest absolute Gasteiger partial charge is 0.497 e. The zero-order chi connectivity index (χ0) is 20.1. The van der Waals surface area contributed by atoms with Gasteiger partial charge in [0.2, 0.25) is 5.91 Å². The molecule has 0 spiro atoms. The number of carbonyl (C=O) groups is 1. The number of carbonyl (C=O) groups excluding carboxylic acids is 1. The lowest BCUT2D eigenvalue weighted by molar-refractivity contribution is -0.116. The number of benzene rings is 2. The summed E-state index contributed by atoms with van der Waals surface area (Å²) >= 11 is 0. The van der Waals surface area contributed by atoms with Crippen LogP contribution in [0.15, 0.2) is 53.2 Å². The lowest BCUT2D eigenvalue weighted by Crippen LogP contribution is -2.23. The molecule has 5 nitrogen and oxygen atoms in total. The van der Waals surface area contributed by atoms with Gasteiger partial charge in [-0.15, -0.1) is 0 Å². The molecule has 0 fully saturated rings. The lowest BCUT2D eigenvalue weighted by atomic mass is 10.0. The average Bonchev–Trinajstić information content (AvgIpc) is 3.07. The molecule has 0 bridgehead atoms. The monoisotopic (exact) mass is 379 g/mol. The van der Waals surface area contributed by atoms with E-state index in [1.54, 1.807) is 26.6 Å². The zero-order valence-corrected chi connectivity index (χ0v) is 16.7. The fourth-order valence-corrected chi connectivity index (χ4v) is 3.14. The minimum Gasteiger partial charge on any atom is -0.497 e. The maximum Gasteiger partial charge on any atom is 0.244 e. The van der Waals surface area contributed by atoms with Gasteiger partial charge >= 0.3 is 0 Å². The van der Waals surface area contributed by atoms with Gasteiger partial charge in [-0.2, -0.15) is 0 Å². The predicted octanol–water partition coefficient (Wildman–Crippen LogP) is 4.52. The van der Waals surface area contributed by atoms with Crippen LogP contribution < -0.4 is 14.8 Å². The second kappa shape index (κ2) is 8.65. The second-order valence-corrected chi connectivity index (χ2v) is 6.69. The van der Waals surface area contributed by atoms with E-state index in [4.69, 9.17) is 13.9 Å². The average molecular weight is 379 g/mol. The first-order chi connectivity index (χ1) is 13.5. The molecule has 1 N–H and O–H groups in total. The summed E-state index contributed by atoms with van der Waals surface area (Å²) in [5.41, 5.74) is 4.65. The third-order valence-electron chi connectivity index (χ3n) is 4.71. The van der Waals surface area contributed by atoms with E-state index in [0.717, 1.165) is 45.4 Å². The Morgan fingerprint density at radius 1 is 1.18 bits per heavy atom. The van der Waals surface area contributed by atoms with Crippen LogP contribution in [0.5, 0.6) is 11.5 Å². The van der Waals surface area contributed by atoms with E-state index in [2.05, 4.69) is 5.32 Å². The van der Waals surface area contributed by atoms with E-state index in [9.17, 15) is 4.79 Å². The van der Waals surface area contributed by atoms with Crippen LogP contribution in [-0.2, 0) is 11.2 Å². The van der Waals surface area contributed by atoms with Crippen LogP contribution in [0.4, 0.5) is 0 Å². The van der Waals surface area contributed by atoms with Crippen molar-refractivity contribution in [1.29, 1.82) is 0 Å². The maximum atomic E-state index is 12.3. The quantitative estimate of drug-likeness (QED) is 0.613. The van der Waals surface area contributed by atoms with Crippen molar-refractivity contribution in [2.75, 3.05) is 20.8 Å². The van der Waals surface area contributed by atoms with Crippen LogP contribution >= 0.6 is 0 Å². The van der Waals surface area contributed by atoms with Gasteiger partial charge in [-0.1, -0.05) is 12.1 Å². The van der Waals surface area contributed by atoms with Crippen LogP contribution in [0.2, 0.25) is 0 Å². The molecule has 0 atom stereocenters. The topological polar surface area (TPSA) is 60.7 Å². The minimum atomic E-state index is -0.133. The fraction of sp³-hybridized carbons (Fsp3) is 0.261. The van der Waals surface area contributed by atoms with Crippen molar-refractivity contribution < 1.29 is 18.7 Å². The zero-order valence-electron chi connectivity index (χ0n) is 16.7. The summed E-state index contributed by atoms with van der Waals surface area (Å²) in [5.74, 6) is 1.36. The van der Waals surface area contributed by atoms with E-state index >= 15 is 0 Å². The van der Waals surface area contributed by atoms with Crippen LogP contribution in [0.25, 0.3) is 16.5 Å². The molecule has 0 aliphatic carbocycles. The Morgan fingerprint density at radius 2 is 2.00 bits per heavy atom. The van der Waals surface area contributed by atoms with Gasteiger partial charge in [-0.25, -0.2) is 0 Å². The van der Waals surface area contributed by atoms with E-state index in [1.807, 2.05) is 50.2 Å². The maximum absolute atomic E-state index is 12.3. The molecular weight excluding hydrogens is 354 g/mol. The predicted molar refractivity (Wildman–Crippen MR) is 111 cm³/mol. The molecule has 0 unspecified atom stereocenters. The number of rotatable bonds is 7. The molecular formula is C23H25NO4. The Balaban J connectivity index is 1.69. The third-order valence-corrected chi connectivity index (χ3v) is 4.71. The van der Waals surface area contributed by atoms with Gasteiger partial charge in [0.1, 0.15) is 17.1 Å². The molecule has 0 radical (unpaired) electrons. The summed E-state index contributed by atoms with van der Waals surface area (Å²) in [5, 5.41) is 3.95. The first-order valence-electron chi connectivity index (χ1n) is 9.17. The molecule has 146 valence electrons. The van der Waals surface area contributed by atoms with E-state index < -0.39 is 0 Å². The number of fused-ring (bicyclic) bond motifs is 1. The van der Waals surface area contributed by atoms with Crippen LogP contribution in [0, 0.1) is 6.92 Å². The van der Waals surface area contributed by atoms with Gasteiger partial charge in [0.15, 0.2) is 0 Å². The number of allylic oxidation sites excluding steroid dienone is 1. The molecule has 0 saturated heterocycles. The number of hydrogen-bond donors (Lipinski definition) is 1. The van der Waals surface area contributed by atoms with Crippen LogP contribution in [0.3, 0.4) is 0 Å². The van der Waals surface area contributed by atoms with Crippen LogP contribution in [-0.4, -0.2) is 26.7 Å². The molecule has 0 saturated carbocycles. The number of methoxy groups -OCH3 is 2. The summed E-state index contributed by atoms with van der Waals surface area (Å²) in [7, 11) is 3.26. The minimum absolute atomic E-state index is 0.133. The van der Waals surface area contributed by atoms with Gasteiger partial charge in [-0.05, 0) is 55.2 Å². The van der Waals surface area contributed by atoms with Crippen molar-refractivity contribution in [2.45, 2.75) is 20.3 Å². The SMILES string of the molecule is COc1cccc(CCNC(=O)/C=C(\C)c2cc3c(C)coc3cc2OC)c1. The number of amides is 1. The molecule has 28 heavy (non-hydrogen) atoms. The third kappa shape index (κ3) is 4.36. The molecule has 0 aliphatic heterocycles. The number of ether oxygens (including phenoxy) is 2. The van der Waals surface area contributed by atoms with Gasteiger partial charge < -0.3 is 19.2 Å². The number of nitrogens with one attached hydrogen (secondary N) is 1. The van der Waals surface area contributed by atoms with Crippen molar-refractivity contribution in [2.24, 2.45) is 0 Å². The second-order valence-electron chi connectivity index (χ2n) is 6.69. The normalized spacial score (nSPS) is 11.5. The Kier molecular flexibility index (Phi) is 6.04. The number of furan rings is 1. The summed E-state index contributed by atoms with van der Waals surface area (Å²) in [4.78, 5) is 12.3. The summed E-state index contributed by atoms with van der Waals surface area (Å²) in [6.45, 7) is 4.44. The lowest BCUT2D eigenvalue weighted by Gasteiger charge is -2.10. The molecule has 1 amide bonds. The molecule has 3 aromatic rings. The van der Waals surface area contributed by atoms with Crippen molar-refractivity contribution in [3.8, 4) is 11.5 Å². The molecule has 3 rings (SSSR count). The van der Waals surface area contributed by atoms with E-state index in [-0.39, 0.29) is 5.91 Å². The summed E-state index contributed by atoms with van der Waals surface area (Å²) < 4.78 is 16.2. The van der Waals surface area contributed by atoms with E-state index in [1.165, 1.54) is 0 Å². The summed E-state index contributed by atoms with van der Waals surface area (Å²) in [6.07, 6.45) is 4.06. The van der Waals surface area contributed by atoms with Crippen molar-refractivity contribution >= 4 is 22.4 Å². The van der Waals surface area contributed by atoms with Crippen molar-refractivity contribution in [1.82, 2.24) is 5.32 Å². The molecule has 2 aromatic carbocycles. The highest BCUT2D eigenvalue weighted by Crippen LogP contribution is 2.33. The number of aryl methyl sites for hydroxylation is 1. The first kappa shape index (κ1) is 19.5. The molecule has 1 aromatic heterocycles. The Labute approximate surface area is 164 Å². The smallest absolute Gasteiger partial charge is 0.244 e. The molecule has 5 heteroatoms. The van der Waals surface area contributed by atoms with Gasteiger partial charge in [0, 0.05) is 29.6 Å². The van der Waals surface area contributed by atoms with Crippen molar-refractivity contribution in [3.05, 3.63) is 65.4 Å². The first-order valence-corrected chi connectivity index (χ1v) is 9.17. The van der Waals surface area contributed by atoms with Gasteiger partial charge in [0.25, 0.3) is 0 Å². The summed E-state index contributed by atoms with van der Waals surface area (Å²) in [6, 6.07) is 11.7. The Morgan fingerprint density at radius 3 is 2.75 bits per heavy atom. The molecule has 0 aliphatic rings. The number of hydrogen-bond acceptors (Lipinski definition) is 4. The van der Waals surface area contributed by atoms with Gasteiger partial charge in [-0.3, -0.25) is 4.79 Å². The highest BCUT2D eigenvalue weighted by Gasteiger charge is 2.12. The highest BCUT2D eigenvalue weighted by molar-refractivity contribution is 5.97.